The summed E-state index contributed by atoms with van der Waals surface area (Å²) in [6.45, 7) is 4.86. The van der Waals surface area contributed by atoms with Gasteiger partial charge in [-0.25, -0.2) is 0 Å². The first-order valence-electron chi connectivity index (χ1n) is 6.91. The Balaban J connectivity index is 1.55. The highest BCUT2D eigenvalue weighted by molar-refractivity contribution is 5.71. The Bertz CT molecular complexity index is 557. The fourth-order valence-corrected chi connectivity index (χ4v) is 2.54. The zero-order valence-corrected chi connectivity index (χ0v) is 11.4. The molecule has 1 aliphatic rings. The zero-order valence-electron chi connectivity index (χ0n) is 11.4. The molecule has 0 bridgehead atoms. The van der Waals surface area contributed by atoms with Crippen LogP contribution in [0.15, 0.2) is 46.9 Å². The number of benzene rings is 1. The smallest absolute Gasteiger partial charge is 0.196 e. The van der Waals surface area contributed by atoms with Crippen LogP contribution in [0.4, 0.5) is 5.88 Å². The summed E-state index contributed by atoms with van der Waals surface area (Å²) in [4.78, 5) is 15.3. The van der Waals surface area contributed by atoms with E-state index in [1.807, 2.05) is 12.1 Å². The number of carbonyl (C=O) groups is 1. The van der Waals surface area contributed by atoms with E-state index in [1.165, 1.54) is 5.56 Å². The zero-order chi connectivity index (χ0) is 13.8. The molecule has 1 fully saturated rings. The lowest BCUT2D eigenvalue weighted by atomic mass is 10.2. The van der Waals surface area contributed by atoms with Crippen LogP contribution in [0.1, 0.15) is 16.1 Å². The second-order valence-corrected chi connectivity index (χ2v) is 5.04. The van der Waals surface area contributed by atoms with Crippen molar-refractivity contribution in [1.82, 2.24) is 4.90 Å². The van der Waals surface area contributed by atoms with Crippen molar-refractivity contribution in [1.29, 1.82) is 0 Å². The molecule has 4 nitrogen and oxygen atoms in total. The summed E-state index contributed by atoms with van der Waals surface area (Å²) in [6.07, 6.45) is 0.745. The monoisotopic (exact) mass is 270 g/mol. The van der Waals surface area contributed by atoms with Gasteiger partial charge in [-0.1, -0.05) is 30.3 Å². The minimum Gasteiger partial charge on any atom is -0.438 e. The lowest BCUT2D eigenvalue weighted by Gasteiger charge is -2.34. The van der Waals surface area contributed by atoms with Crippen LogP contribution in [0.3, 0.4) is 0 Å². The number of nitrogens with zero attached hydrogens (tertiary/aromatic N) is 2. The molecule has 0 saturated carbocycles. The third-order valence-corrected chi connectivity index (χ3v) is 3.66. The number of aldehydes is 1. The van der Waals surface area contributed by atoms with E-state index < -0.39 is 0 Å². The van der Waals surface area contributed by atoms with Gasteiger partial charge in [0.1, 0.15) is 0 Å². The molecular weight excluding hydrogens is 252 g/mol. The quantitative estimate of drug-likeness (QED) is 0.799. The summed E-state index contributed by atoms with van der Waals surface area (Å²) in [7, 11) is 0. The first-order chi connectivity index (χ1) is 9.85. The van der Waals surface area contributed by atoms with Crippen LogP contribution >= 0.6 is 0 Å². The molecule has 0 unspecified atom stereocenters. The van der Waals surface area contributed by atoms with E-state index in [2.05, 4.69) is 34.1 Å². The second-order valence-electron chi connectivity index (χ2n) is 5.04. The molecule has 0 spiro atoms. The SMILES string of the molecule is O=Cc1ccc(N2CCN(Cc3ccccc3)CC2)o1. The van der Waals surface area contributed by atoms with Crippen molar-refractivity contribution in [3.8, 4) is 0 Å². The van der Waals surface area contributed by atoms with Gasteiger partial charge in [0.2, 0.25) is 0 Å². The molecular formula is C16H18N2O2. The van der Waals surface area contributed by atoms with Crippen molar-refractivity contribution >= 4 is 12.2 Å². The van der Waals surface area contributed by atoms with Crippen LogP contribution in [0.25, 0.3) is 0 Å². The van der Waals surface area contributed by atoms with E-state index in [-0.39, 0.29) is 0 Å². The molecule has 1 aromatic heterocycles. The van der Waals surface area contributed by atoms with Gasteiger partial charge in [-0.3, -0.25) is 9.69 Å². The summed E-state index contributed by atoms with van der Waals surface area (Å²) in [5.41, 5.74) is 1.35. The highest BCUT2D eigenvalue weighted by Gasteiger charge is 2.19. The third-order valence-electron chi connectivity index (χ3n) is 3.66. The van der Waals surface area contributed by atoms with E-state index in [0.29, 0.717) is 5.76 Å². The van der Waals surface area contributed by atoms with E-state index in [4.69, 9.17) is 4.42 Å². The molecule has 20 heavy (non-hydrogen) atoms. The van der Waals surface area contributed by atoms with Crippen LogP contribution in [-0.4, -0.2) is 37.4 Å². The number of furan rings is 1. The molecule has 2 heterocycles. The molecule has 0 amide bonds. The van der Waals surface area contributed by atoms with Crippen molar-refractivity contribution in [2.75, 3.05) is 31.1 Å². The highest BCUT2D eigenvalue weighted by Crippen LogP contribution is 2.19. The third kappa shape index (κ3) is 2.91. The number of carbonyl (C=O) groups excluding carboxylic acids is 1. The highest BCUT2D eigenvalue weighted by atomic mass is 16.4. The Morgan fingerprint density at radius 1 is 1.00 bits per heavy atom. The maximum Gasteiger partial charge on any atom is 0.196 e. The Kier molecular flexibility index (Phi) is 3.83. The average Bonchev–Trinajstić information content (AvgIpc) is 2.98. The van der Waals surface area contributed by atoms with Gasteiger partial charge in [-0.2, -0.15) is 0 Å². The first-order valence-corrected chi connectivity index (χ1v) is 6.91. The summed E-state index contributed by atoms with van der Waals surface area (Å²) in [5, 5.41) is 0. The van der Waals surface area contributed by atoms with Crippen molar-refractivity contribution < 1.29 is 9.21 Å². The minimum absolute atomic E-state index is 0.395. The second kappa shape index (κ2) is 5.92. The van der Waals surface area contributed by atoms with Crippen molar-refractivity contribution in [2.24, 2.45) is 0 Å². The van der Waals surface area contributed by atoms with E-state index in [9.17, 15) is 4.79 Å². The Morgan fingerprint density at radius 2 is 1.75 bits per heavy atom. The van der Waals surface area contributed by atoms with E-state index >= 15 is 0 Å². The predicted octanol–water partition coefficient (Wildman–Crippen LogP) is 2.41. The largest absolute Gasteiger partial charge is 0.438 e. The van der Waals surface area contributed by atoms with Crippen LogP contribution in [-0.2, 0) is 6.54 Å². The molecule has 104 valence electrons. The van der Waals surface area contributed by atoms with Crippen molar-refractivity contribution in [3.05, 3.63) is 53.8 Å². The summed E-state index contributed by atoms with van der Waals surface area (Å²) in [5.74, 6) is 1.19. The van der Waals surface area contributed by atoms with E-state index in [0.717, 1.165) is 44.9 Å². The summed E-state index contributed by atoms with van der Waals surface area (Å²) in [6, 6.07) is 14.1. The number of piperazine rings is 1. The lowest BCUT2D eigenvalue weighted by Crippen LogP contribution is -2.45. The fourth-order valence-electron chi connectivity index (χ4n) is 2.54. The number of hydrogen-bond acceptors (Lipinski definition) is 4. The van der Waals surface area contributed by atoms with Crippen molar-refractivity contribution in [2.45, 2.75) is 6.54 Å². The van der Waals surface area contributed by atoms with Crippen LogP contribution < -0.4 is 4.90 Å². The topological polar surface area (TPSA) is 36.7 Å². The Labute approximate surface area is 118 Å². The predicted molar refractivity (Wildman–Crippen MR) is 78.0 cm³/mol. The van der Waals surface area contributed by atoms with Gasteiger partial charge < -0.3 is 9.32 Å². The molecule has 3 rings (SSSR count). The van der Waals surface area contributed by atoms with Gasteiger partial charge in [0.05, 0.1) is 0 Å². The number of hydrogen-bond donors (Lipinski definition) is 0. The fraction of sp³-hybridized carbons (Fsp3) is 0.312. The van der Waals surface area contributed by atoms with Gasteiger partial charge in [0.25, 0.3) is 0 Å². The number of anilines is 1. The lowest BCUT2D eigenvalue weighted by molar-refractivity contribution is 0.110. The van der Waals surface area contributed by atoms with Crippen molar-refractivity contribution in [3.63, 3.8) is 0 Å². The minimum atomic E-state index is 0.395. The van der Waals surface area contributed by atoms with Crippen LogP contribution in [0, 0.1) is 0 Å². The molecule has 0 N–H and O–H groups in total. The summed E-state index contributed by atoms with van der Waals surface area (Å²) >= 11 is 0. The maximum absolute atomic E-state index is 10.6. The molecule has 4 heteroatoms. The molecule has 1 aliphatic heterocycles. The van der Waals surface area contributed by atoms with Gasteiger partial charge in [0.15, 0.2) is 17.9 Å². The van der Waals surface area contributed by atoms with Gasteiger partial charge >= 0.3 is 0 Å². The van der Waals surface area contributed by atoms with Gasteiger partial charge in [-0.05, 0) is 11.6 Å². The standard InChI is InChI=1S/C16H18N2O2/c19-13-15-6-7-16(20-15)18-10-8-17(9-11-18)12-14-4-2-1-3-5-14/h1-7,13H,8-12H2. The van der Waals surface area contributed by atoms with Gasteiger partial charge in [-0.15, -0.1) is 0 Å². The molecule has 2 aromatic rings. The first kappa shape index (κ1) is 12.9. The Morgan fingerprint density at radius 3 is 2.40 bits per heavy atom. The molecule has 1 aromatic carbocycles. The molecule has 0 atom stereocenters. The van der Waals surface area contributed by atoms with Gasteiger partial charge in [0, 0.05) is 38.8 Å². The number of rotatable bonds is 4. The summed E-state index contributed by atoms with van der Waals surface area (Å²) < 4.78 is 5.47. The van der Waals surface area contributed by atoms with E-state index in [1.54, 1.807) is 6.07 Å². The normalized spacial score (nSPS) is 16.3. The Hall–Kier alpha value is -2.07. The molecule has 0 radical (unpaired) electrons. The van der Waals surface area contributed by atoms with Crippen LogP contribution in [0.2, 0.25) is 0 Å². The van der Waals surface area contributed by atoms with Crippen LogP contribution in [0.5, 0.6) is 0 Å². The molecule has 0 aliphatic carbocycles. The molecule has 1 saturated heterocycles. The average molecular weight is 270 g/mol. The maximum atomic E-state index is 10.6.